The standard InChI is InChI=1S/C30H35N5O2S/c1-20-28(38-24-7-13-31-27-25(24)37-16-12-30(8-9-30)34(27)2)33-23(19-36)26(32-20)35-14-10-29(11-15-35)17-21-5-3-4-6-22(21)18-29/h3-7,13,36H,8-12,14-19H2,1-2H3. The van der Waals surface area contributed by atoms with Crippen LogP contribution < -0.4 is 14.5 Å². The maximum Gasteiger partial charge on any atom is 0.175 e. The van der Waals surface area contributed by atoms with Crippen molar-refractivity contribution in [1.82, 2.24) is 15.0 Å². The number of aliphatic hydroxyl groups is 1. The van der Waals surface area contributed by atoms with Crippen LogP contribution in [0.15, 0.2) is 46.5 Å². The summed E-state index contributed by atoms with van der Waals surface area (Å²) >= 11 is 1.56. The van der Waals surface area contributed by atoms with Crippen LogP contribution in [0.4, 0.5) is 11.6 Å². The molecule has 0 radical (unpaired) electrons. The predicted molar refractivity (Wildman–Crippen MR) is 149 cm³/mol. The molecule has 1 saturated heterocycles. The van der Waals surface area contributed by atoms with E-state index in [0.717, 1.165) is 65.4 Å². The maximum atomic E-state index is 10.3. The lowest BCUT2D eigenvalue weighted by Gasteiger charge is -2.40. The van der Waals surface area contributed by atoms with E-state index >= 15 is 0 Å². The molecule has 2 aliphatic heterocycles. The van der Waals surface area contributed by atoms with Gasteiger partial charge >= 0.3 is 0 Å². The van der Waals surface area contributed by atoms with Gasteiger partial charge in [-0.1, -0.05) is 36.0 Å². The van der Waals surface area contributed by atoms with Crippen LogP contribution in [0.5, 0.6) is 5.75 Å². The highest BCUT2D eigenvalue weighted by atomic mass is 32.2. The zero-order chi connectivity index (χ0) is 25.9. The SMILES string of the molecule is Cc1nc(N2CCC3(CC2)Cc2ccccc2C3)c(CO)nc1Sc1ccnc2c1OCCC1(CC1)N2C. The fourth-order valence-electron chi connectivity index (χ4n) is 6.74. The van der Waals surface area contributed by atoms with Gasteiger partial charge in [0.2, 0.25) is 0 Å². The molecule has 7 rings (SSSR count). The molecule has 2 spiro atoms. The summed E-state index contributed by atoms with van der Waals surface area (Å²) in [5.74, 6) is 2.57. The number of anilines is 2. The number of fused-ring (bicyclic) bond motifs is 2. The van der Waals surface area contributed by atoms with Crippen LogP contribution in [0.2, 0.25) is 0 Å². The fraction of sp³-hybridized carbons (Fsp3) is 0.500. The summed E-state index contributed by atoms with van der Waals surface area (Å²) < 4.78 is 6.25. The number of ether oxygens (including phenoxy) is 1. The van der Waals surface area contributed by atoms with E-state index in [4.69, 9.17) is 14.7 Å². The molecular formula is C30H35N5O2S. The molecule has 0 unspecified atom stereocenters. The lowest BCUT2D eigenvalue weighted by Crippen LogP contribution is -2.41. The first-order chi connectivity index (χ1) is 18.5. The Bertz CT molecular complexity index is 1360. The van der Waals surface area contributed by atoms with E-state index in [2.05, 4.69) is 46.1 Å². The van der Waals surface area contributed by atoms with Crippen molar-refractivity contribution in [2.45, 2.75) is 73.9 Å². The van der Waals surface area contributed by atoms with E-state index in [1.807, 2.05) is 19.2 Å². The monoisotopic (exact) mass is 529 g/mol. The third-order valence-electron chi connectivity index (χ3n) is 9.33. The van der Waals surface area contributed by atoms with E-state index < -0.39 is 0 Å². The van der Waals surface area contributed by atoms with Crippen molar-refractivity contribution in [2.75, 3.05) is 36.5 Å². The second kappa shape index (κ2) is 9.12. The molecule has 1 N–H and O–H groups in total. The van der Waals surface area contributed by atoms with Gasteiger partial charge in [-0.2, -0.15) is 0 Å². The maximum absolute atomic E-state index is 10.3. The topological polar surface area (TPSA) is 74.6 Å². The third-order valence-corrected chi connectivity index (χ3v) is 10.4. The summed E-state index contributed by atoms with van der Waals surface area (Å²) in [5.41, 5.74) is 5.14. The molecule has 4 aliphatic rings. The van der Waals surface area contributed by atoms with Crippen LogP contribution in [0.25, 0.3) is 0 Å². The Labute approximate surface area is 228 Å². The van der Waals surface area contributed by atoms with Crippen molar-refractivity contribution in [1.29, 1.82) is 0 Å². The highest BCUT2D eigenvalue weighted by Gasteiger charge is 2.49. The molecule has 2 aromatic heterocycles. The summed E-state index contributed by atoms with van der Waals surface area (Å²) in [6.45, 7) is 4.48. The number of hydrogen-bond acceptors (Lipinski definition) is 8. The van der Waals surface area contributed by atoms with Gasteiger partial charge in [-0.3, -0.25) is 0 Å². The van der Waals surface area contributed by atoms with Crippen LogP contribution in [0.3, 0.4) is 0 Å². The van der Waals surface area contributed by atoms with E-state index in [0.29, 0.717) is 17.7 Å². The van der Waals surface area contributed by atoms with Crippen LogP contribution in [0, 0.1) is 12.3 Å². The molecule has 0 bridgehead atoms. The normalized spacial score (nSPS) is 20.7. The molecule has 1 saturated carbocycles. The average Bonchev–Trinajstić information content (AvgIpc) is 3.66. The largest absolute Gasteiger partial charge is 0.488 e. The molecule has 2 fully saturated rings. The van der Waals surface area contributed by atoms with Crippen molar-refractivity contribution >= 4 is 23.4 Å². The Kier molecular flexibility index (Phi) is 5.82. The fourth-order valence-corrected chi connectivity index (χ4v) is 7.67. The Balaban J connectivity index is 1.12. The number of aromatic nitrogens is 3. The minimum absolute atomic E-state index is 0.126. The van der Waals surface area contributed by atoms with Crippen molar-refractivity contribution in [3.8, 4) is 5.75 Å². The number of piperidine rings is 1. The summed E-state index contributed by atoms with van der Waals surface area (Å²) in [6.07, 6.45) is 9.91. The summed E-state index contributed by atoms with van der Waals surface area (Å²) in [4.78, 5) is 20.3. The zero-order valence-corrected chi connectivity index (χ0v) is 23.1. The van der Waals surface area contributed by atoms with Crippen LogP contribution in [-0.4, -0.2) is 52.3 Å². The highest BCUT2D eigenvalue weighted by molar-refractivity contribution is 7.99. The molecule has 7 nitrogen and oxygen atoms in total. The van der Waals surface area contributed by atoms with E-state index in [9.17, 15) is 5.11 Å². The van der Waals surface area contributed by atoms with Crippen LogP contribution in [-0.2, 0) is 19.4 Å². The van der Waals surface area contributed by atoms with Gasteiger partial charge < -0.3 is 19.6 Å². The van der Waals surface area contributed by atoms with Crippen molar-refractivity contribution in [2.24, 2.45) is 5.41 Å². The number of pyridine rings is 1. The van der Waals surface area contributed by atoms with Gasteiger partial charge in [-0.25, -0.2) is 15.0 Å². The highest BCUT2D eigenvalue weighted by Crippen LogP contribution is 2.51. The van der Waals surface area contributed by atoms with Gasteiger partial charge in [0.1, 0.15) is 10.7 Å². The first-order valence-electron chi connectivity index (χ1n) is 13.8. The quantitative estimate of drug-likeness (QED) is 0.508. The number of aryl methyl sites for hydroxylation is 1. The van der Waals surface area contributed by atoms with Gasteiger partial charge in [0.05, 0.1) is 23.8 Å². The summed E-state index contributed by atoms with van der Waals surface area (Å²) in [6, 6.07) is 10.9. The first kappa shape index (κ1) is 24.2. The summed E-state index contributed by atoms with van der Waals surface area (Å²) in [7, 11) is 2.14. The Morgan fingerprint density at radius 2 is 1.71 bits per heavy atom. The molecule has 1 aromatic carbocycles. The molecule has 198 valence electrons. The lowest BCUT2D eigenvalue weighted by atomic mass is 9.76. The first-order valence-corrected chi connectivity index (χ1v) is 14.6. The lowest BCUT2D eigenvalue weighted by molar-refractivity contribution is 0.230. The summed E-state index contributed by atoms with van der Waals surface area (Å²) in [5, 5.41) is 11.1. The Hall–Kier alpha value is -2.84. The number of nitrogens with zero attached hydrogens (tertiary/aromatic N) is 5. The van der Waals surface area contributed by atoms with Gasteiger partial charge in [0, 0.05) is 38.3 Å². The zero-order valence-electron chi connectivity index (χ0n) is 22.2. The van der Waals surface area contributed by atoms with E-state index in [1.54, 1.807) is 11.8 Å². The van der Waals surface area contributed by atoms with Gasteiger partial charge in [-0.15, -0.1) is 0 Å². The third kappa shape index (κ3) is 4.04. The van der Waals surface area contributed by atoms with Gasteiger partial charge in [0.15, 0.2) is 17.4 Å². The molecule has 0 amide bonds. The second-order valence-corrected chi connectivity index (χ2v) is 12.6. The Morgan fingerprint density at radius 1 is 0.974 bits per heavy atom. The number of benzene rings is 1. The molecular weight excluding hydrogens is 494 g/mol. The molecule has 8 heteroatoms. The molecule has 3 aromatic rings. The smallest absolute Gasteiger partial charge is 0.175 e. The van der Waals surface area contributed by atoms with Gasteiger partial charge in [-0.05, 0) is 68.1 Å². The second-order valence-electron chi connectivity index (χ2n) is 11.6. The molecule has 4 heterocycles. The molecule has 2 aliphatic carbocycles. The van der Waals surface area contributed by atoms with Crippen molar-refractivity contribution in [3.63, 3.8) is 0 Å². The van der Waals surface area contributed by atoms with Crippen molar-refractivity contribution in [3.05, 3.63) is 59.0 Å². The van der Waals surface area contributed by atoms with Crippen LogP contribution >= 0.6 is 11.8 Å². The Morgan fingerprint density at radius 3 is 2.39 bits per heavy atom. The van der Waals surface area contributed by atoms with E-state index in [-0.39, 0.29) is 12.1 Å². The minimum atomic E-state index is -0.126. The van der Waals surface area contributed by atoms with Gasteiger partial charge in [0.25, 0.3) is 0 Å². The minimum Gasteiger partial charge on any atom is -0.488 e. The number of hydrogen-bond donors (Lipinski definition) is 1. The van der Waals surface area contributed by atoms with Crippen molar-refractivity contribution < 1.29 is 9.84 Å². The molecule has 38 heavy (non-hydrogen) atoms. The molecule has 0 atom stereocenters. The predicted octanol–water partition coefficient (Wildman–Crippen LogP) is 4.96. The average molecular weight is 530 g/mol. The van der Waals surface area contributed by atoms with Crippen LogP contribution in [0.1, 0.15) is 54.6 Å². The number of aliphatic hydroxyl groups excluding tert-OH is 1. The number of rotatable bonds is 4. The van der Waals surface area contributed by atoms with E-state index in [1.165, 1.54) is 36.8 Å².